The molecule has 0 N–H and O–H groups in total. The molecule has 1 aromatic carbocycles. The van der Waals surface area contributed by atoms with Gasteiger partial charge in [-0.2, -0.15) is 18.4 Å². The van der Waals surface area contributed by atoms with Gasteiger partial charge in [-0.3, -0.25) is 0 Å². The zero-order valence-electron chi connectivity index (χ0n) is 8.05. The smallest absolute Gasteiger partial charge is 0.192 e. The Labute approximate surface area is 95.8 Å². The maximum absolute atomic E-state index is 12.5. The highest BCUT2D eigenvalue weighted by atomic mass is 35.5. The van der Waals surface area contributed by atoms with Crippen LogP contribution in [0.1, 0.15) is 16.7 Å². The van der Waals surface area contributed by atoms with Crippen molar-refractivity contribution in [1.82, 2.24) is 0 Å². The molecule has 0 spiro atoms. The molecule has 0 aromatic heterocycles. The second-order valence-electron chi connectivity index (χ2n) is 2.97. The van der Waals surface area contributed by atoms with E-state index in [0.717, 1.165) is 12.1 Å². The van der Waals surface area contributed by atoms with E-state index in [4.69, 9.17) is 16.9 Å². The summed E-state index contributed by atoms with van der Waals surface area (Å²) in [5.74, 6) is 0.224. The van der Waals surface area contributed by atoms with Crippen LogP contribution in [0.5, 0.6) is 0 Å². The molecular weight excluding hydrogens is 239 g/mol. The number of alkyl halides is 4. The van der Waals surface area contributed by atoms with Crippen molar-refractivity contribution < 1.29 is 13.2 Å². The van der Waals surface area contributed by atoms with Gasteiger partial charge >= 0.3 is 6.18 Å². The van der Waals surface area contributed by atoms with Crippen molar-refractivity contribution in [2.45, 2.75) is 6.18 Å². The molecule has 0 aliphatic rings. The maximum Gasteiger partial charge on any atom is 0.417 e. The van der Waals surface area contributed by atoms with E-state index in [1.165, 1.54) is 24.3 Å². The molecule has 1 nitrogen and oxygen atoms in total. The van der Waals surface area contributed by atoms with Gasteiger partial charge in [0.05, 0.1) is 17.2 Å². The Morgan fingerprint density at radius 2 is 2.06 bits per heavy atom. The van der Waals surface area contributed by atoms with E-state index in [1.54, 1.807) is 0 Å². The molecule has 1 aromatic rings. The minimum absolute atomic E-state index is 0.224. The molecule has 0 saturated carbocycles. The fourth-order valence-electron chi connectivity index (χ4n) is 1.18. The summed E-state index contributed by atoms with van der Waals surface area (Å²) >= 11 is 5.38. The van der Waals surface area contributed by atoms with Crippen LogP contribution in [0.15, 0.2) is 24.3 Å². The zero-order valence-corrected chi connectivity index (χ0v) is 8.81. The second-order valence-corrected chi connectivity index (χ2v) is 3.28. The van der Waals surface area contributed by atoms with Crippen LogP contribution in [0.2, 0.25) is 0 Å². The van der Waals surface area contributed by atoms with Crippen molar-refractivity contribution in [3.8, 4) is 6.07 Å². The van der Waals surface area contributed by atoms with E-state index < -0.39 is 11.7 Å². The Hall–Kier alpha value is -1.47. The van der Waals surface area contributed by atoms with Crippen molar-refractivity contribution in [2.75, 3.05) is 5.88 Å². The number of benzene rings is 1. The number of nitrogens with zero attached hydrogens (tertiary/aromatic N) is 1. The van der Waals surface area contributed by atoms with Gasteiger partial charge in [0.1, 0.15) is 0 Å². The van der Waals surface area contributed by atoms with Crippen LogP contribution >= 0.6 is 11.6 Å². The molecule has 0 radical (unpaired) electrons. The van der Waals surface area contributed by atoms with Crippen LogP contribution in [-0.2, 0) is 6.18 Å². The highest BCUT2D eigenvalue weighted by Gasteiger charge is 2.33. The monoisotopic (exact) mass is 245 g/mol. The number of halogens is 4. The molecular formula is C11H7ClF3N. The molecule has 16 heavy (non-hydrogen) atoms. The summed E-state index contributed by atoms with van der Waals surface area (Å²) in [7, 11) is 0. The third-order valence-corrected chi connectivity index (χ3v) is 2.05. The molecule has 0 heterocycles. The highest BCUT2D eigenvalue weighted by molar-refractivity contribution is 6.19. The van der Waals surface area contributed by atoms with E-state index in [-0.39, 0.29) is 11.4 Å². The predicted octanol–water partition coefficient (Wildman–Crippen LogP) is 3.83. The first-order valence-corrected chi connectivity index (χ1v) is 4.86. The Bertz CT molecular complexity index is 444. The first-order valence-electron chi connectivity index (χ1n) is 4.33. The fraction of sp³-hybridized carbons (Fsp3) is 0.182. The van der Waals surface area contributed by atoms with Crippen molar-refractivity contribution in [3.63, 3.8) is 0 Å². The van der Waals surface area contributed by atoms with Gasteiger partial charge in [0, 0.05) is 5.88 Å². The molecule has 0 bridgehead atoms. The first-order chi connectivity index (χ1) is 7.49. The molecule has 0 aliphatic heterocycles. The molecule has 5 heteroatoms. The van der Waals surface area contributed by atoms with Crippen LogP contribution in [-0.4, -0.2) is 5.88 Å². The Kier molecular flexibility index (Phi) is 3.97. The van der Waals surface area contributed by atoms with Crippen molar-refractivity contribution in [1.29, 1.82) is 5.26 Å². The van der Waals surface area contributed by atoms with Crippen molar-refractivity contribution in [2.24, 2.45) is 0 Å². The molecule has 0 fully saturated rings. The van der Waals surface area contributed by atoms with E-state index in [9.17, 15) is 13.2 Å². The quantitative estimate of drug-likeness (QED) is 0.727. The van der Waals surface area contributed by atoms with E-state index in [0.29, 0.717) is 5.56 Å². The zero-order chi connectivity index (χ0) is 12.2. The molecule has 0 amide bonds. The SMILES string of the molecule is N#Cc1ccc(C=CCCl)cc1C(F)(F)F. The normalized spacial score (nSPS) is 11.7. The Morgan fingerprint density at radius 1 is 1.38 bits per heavy atom. The average Bonchev–Trinajstić information content (AvgIpc) is 2.24. The van der Waals surface area contributed by atoms with Crippen LogP contribution in [0.3, 0.4) is 0 Å². The number of allylic oxidation sites excluding steroid dienone is 1. The number of nitriles is 1. The summed E-state index contributed by atoms with van der Waals surface area (Å²) in [4.78, 5) is 0. The van der Waals surface area contributed by atoms with Gasteiger partial charge < -0.3 is 0 Å². The lowest BCUT2D eigenvalue weighted by atomic mass is 10.0. The molecule has 0 aliphatic carbocycles. The third-order valence-electron chi connectivity index (χ3n) is 1.87. The summed E-state index contributed by atoms with van der Waals surface area (Å²) < 4.78 is 37.6. The molecule has 84 valence electrons. The summed E-state index contributed by atoms with van der Waals surface area (Å²) in [6, 6.07) is 5.04. The third kappa shape index (κ3) is 3.01. The summed E-state index contributed by atoms with van der Waals surface area (Å²) in [6.45, 7) is 0. The standard InChI is InChI=1S/C11H7ClF3N/c12-5-1-2-8-3-4-9(7-16)10(6-8)11(13,14)15/h1-4,6H,5H2. The molecule has 1 rings (SSSR count). The van der Waals surface area contributed by atoms with Gasteiger partial charge in [-0.15, -0.1) is 11.6 Å². The van der Waals surface area contributed by atoms with Gasteiger partial charge in [0.2, 0.25) is 0 Å². The minimum atomic E-state index is -4.52. The van der Waals surface area contributed by atoms with E-state index in [2.05, 4.69) is 0 Å². The molecule has 0 unspecified atom stereocenters. The van der Waals surface area contributed by atoms with Gasteiger partial charge in [-0.05, 0) is 17.7 Å². The number of hydrogen-bond acceptors (Lipinski definition) is 1. The fourth-order valence-corrected chi connectivity index (χ4v) is 1.27. The second kappa shape index (κ2) is 5.04. The van der Waals surface area contributed by atoms with Crippen LogP contribution in [0.25, 0.3) is 6.08 Å². The van der Waals surface area contributed by atoms with E-state index in [1.807, 2.05) is 0 Å². The van der Waals surface area contributed by atoms with Crippen molar-refractivity contribution in [3.05, 3.63) is 41.0 Å². The molecule has 0 saturated heterocycles. The van der Waals surface area contributed by atoms with Gasteiger partial charge in [-0.25, -0.2) is 0 Å². The topological polar surface area (TPSA) is 23.8 Å². The van der Waals surface area contributed by atoms with Gasteiger partial charge in [-0.1, -0.05) is 18.2 Å². The molecule has 0 atom stereocenters. The predicted molar refractivity (Wildman–Crippen MR) is 55.9 cm³/mol. The highest BCUT2D eigenvalue weighted by Crippen LogP contribution is 2.32. The summed E-state index contributed by atoms with van der Waals surface area (Å²) in [6.07, 6.45) is -1.51. The lowest BCUT2D eigenvalue weighted by molar-refractivity contribution is -0.137. The van der Waals surface area contributed by atoms with Crippen LogP contribution in [0.4, 0.5) is 13.2 Å². The maximum atomic E-state index is 12.5. The number of rotatable bonds is 2. The lowest BCUT2D eigenvalue weighted by Crippen LogP contribution is -2.07. The van der Waals surface area contributed by atoms with Crippen molar-refractivity contribution >= 4 is 17.7 Å². The Morgan fingerprint density at radius 3 is 2.56 bits per heavy atom. The average molecular weight is 246 g/mol. The van der Waals surface area contributed by atoms with Gasteiger partial charge in [0.15, 0.2) is 0 Å². The minimum Gasteiger partial charge on any atom is -0.192 e. The first kappa shape index (κ1) is 12.6. The summed E-state index contributed by atoms with van der Waals surface area (Å²) in [5, 5.41) is 8.56. The van der Waals surface area contributed by atoms with E-state index >= 15 is 0 Å². The lowest BCUT2D eigenvalue weighted by Gasteiger charge is -2.09. The number of hydrogen-bond donors (Lipinski definition) is 0. The van der Waals surface area contributed by atoms with Gasteiger partial charge in [0.25, 0.3) is 0 Å². The van der Waals surface area contributed by atoms with Crippen LogP contribution < -0.4 is 0 Å². The van der Waals surface area contributed by atoms with Crippen LogP contribution in [0, 0.1) is 11.3 Å². The largest absolute Gasteiger partial charge is 0.417 e. The summed E-state index contributed by atoms with van der Waals surface area (Å²) in [5.41, 5.74) is -0.936. The Balaban J connectivity index is 3.23.